The molecule has 2 unspecified atom stereocenters. The average molecular weight is 298 g/mol. The zero-order chi connectivity index (χ0) is 14.9. The molecule has 2 N–H and O–H groups in total. The van der Waals surface area contributed by atoms with Crippen LogP contribution in [-0.4, -0.2) is 49.0 Å². The van der Waals surface area contributed by atoms with Crippen LogP contribution in [0.2, 0.25) is 0 Å². The van der Waals surface area contributed by atoms with Gasteiger partial charge in [-0.1, -0.05) is 0 Å². The Kier molecular flexibility index (Phi) is 4.22. The van der Waals surface area contributed by atoms with E-state index in [0.717, 1.165) is 11.3 Å². The molecule has 0 spiro atoms. The van der Waals surface area contributed by atoms with Crippen molar-refractivity contribution in [3.8, 4) is 0 Å². The highest BCUT2D eigenvalue weighted by molar-refractivity contribution is 8.00. The molecule has 2 heterocycles. The van der Waals surface area contributed by atoms with Crippen molar-refractivity contribution < 1.29 is 14.7 Å². The molecule has 0 radical (unpaired) electrons. The van der Waals surface area contributed by atoms with E-state index >= 15 is 0 Å². The van der Waals surface area contributed by atoms with Crippen LogP contribution in [0.4, 0.5) is 4.79 Å². The quantitative estimate of drug-likeness (QED) is 0.861. The zero-order valence-corrected chi connectivity index (χ0v) is 12.5. The maximum absolute atomic E-state index is 12.2. The molecule has 1 fully saturated rings. The number of aliphatic carboxylic acids is 1. The van der Waals surface area contributed by atoms with Crippen LogP contribution in [0.3, 0.4) is 0 Å². The predicted molar refractivity (Wildman–Crippen MR) is 75.4 cm³/mol. The number of thioether (sulfide) groups is 1. The molecule has 1 saturated heterocycles. The third kappa shape index (κ3) is 2.90. The zero-order valence-electron chi connectivity index (χ0n) is 11.7. The summed E-state index contributed by atoms with van der Waals surface area (Å²) in [6.45, 7) is 4.05. The van der Waals surface area contributed by atoms with Crippen molar-refractivity contribution in [3.63, 3.8) is 0 Å². The van der Waals surface area contributed by atoms with Gasteiger partial charge < -0.3 is 10.4 Å². The van der Waals surface area contributed by atoms with Crippen molar-refractivity contribution in [1.82, 2.24) is 20.0 Å². The van der Waals surface area contributed by atoms with E-state index < -0.39 is 12.0 Å². The Labute approximate surface area is 121 Å². The van der Waals surface area contributed by atoms with Crippen LogP contribution in [-0.2, 0) is 18.4 Å². The largest absolute Gasteiger partial charge is 0.480 e. The van der Waals surface area contributed by atoms with Crippen LogP contribution in [0.5, 0.6) is 0 Å². The Balaban J connectivity index is 2.00. The number of hydrogen-bond acceptors (Lipinski definition) is 4. The highest BCUT2D eigenvalue weighted by Crippen LogP contribution is 2.28. The Morgan fingerprint density at radius 3 is 2.85 bits per heavy atom. The molecule has 1 aliphatic heterocycles. The molecule has 1 aromatic rings. The van der Waals surface area contributed by atoms with Crippen molar-refractivity contribution >= 4 is 23.8 Å². The third-order valence-corrected chi connectivity index (χ3v) is 4.51. The number of rotatable bonds is 3. The maximum atomic E-state index is 12.2. The van der Waals surface area contributed by atoms with E-state index in [0.29, 0.717) is 12.3 Å². The van der Waals surface area contributed by atoms with Gasteiger partial charge in [0.25, 0.3) is 0 Å². The van der Waals surface area contributed by atoms with Crippen LogP contribution < -0.4 is 5.32 Å². The van der Waals surface area contributed by atoms with Crippen LogP contribution in [0.15, 0.2) is 6.20 Å². The number of nitrogens with one attached hydrogen (secondary N) is 1. The van der Waals surface area contributed by atoms with Gasteiger partial charge in [0.15, 0.2) is 0 Å². The summed E-state index contributed by atoms with van der Waals surface area (Å²) in [6, 6.07) is -1.11. The second kappa shape index (κ2) is 5.74. The molecule has 0 aromatic carbocycles. The van der Waals surface area contributed by atoms with Crippen LogP contribution in [0, 0.1) is 6.92 Å². The summed E-state index contributed by atoms with van der Waals surface area (Å²) in [5, 5.41) is 16.0. The molecule has 7 nitrogen and oxygen atoms in total. The number of hydrogen-bond donors (Lipinski definition) is 2. The maximum Gasteiger partial charge on any atom is 0.327 e. The summed E-state index contributed by atoms with van der Waals surface area (Å²) in [4.78, 5) is 24.7. The highest BCUT2D eigenvalue weighted by atomic mass is 32.2. The summed E-state index contributed by atoms with van der Waals surface area (Å²) in [5.41, 5.74) is 1.78. The molecule has 0 saturated carbocycles. The van der Waals surface area contributed by atoms with Gasteiger partial charge in [-0.2, -0.15) is 5.10 Å². The first kappa shape index (κ1) is 14.7. The topological polar surface area (TPSA) is 87.5 Å². The fourth-order valence-corrected chi connectivity index (χ4v) is 3.39. The number of nitrogens with zero attached hydrogens (tertiary/aromatic N) is 3. The second-order valence-electron chi connectivity index (χ2n) is 4.77. The Hall–Kier alpha value is -1.70. The van der Waals surface area contributed by atoms with Gasteiger partial charge in [-0.15, -0.1) is 11.8 Å². The number of aryl methyl sites for hydroxylation is 2. The van der Waals surface area contributed by atoms with Gasteiger partial charge in [0.1, 0.15) is 6.04 Å². The Bertz CT molecular complexity index is 531. The highest BCUT2D eigenvalue weighted by Gasteiger charge is 2.39. The van der Waals surface area contributed by atoms with Crippen LogP contribution >= 0.6 is 11.8 Å². The van der Waals surface area contributed by atoms with E-state index in [-0.39, 0.29) is 11.4 Å². The first-order chi connectivity index (χ1) is 9.40. The summed E-state index contributed by atoms with van der Waals surface area (Å²) in [5.74, 6) is -0.537. The second-order valence-corrected chi connectivity index (χ2v) is 6.11. The molecule has 8 heteroatoms. The molecule has 1 aliphatic rings. The van der Waals surface area contributed by atoms with E-state index in [1.54, 1.807) is 4.68 Å². The number of carboxylic acid groups (broad SMARTS) is 1. The van der Waals surface area contributed by atoms with Crippen LogP contribution in [0.1, 0.15) is 18.2 Å². The number of aromatic nitrogens is 2. The molecule has 0 bridgehead atoms. The fraction of sp³-hybridized carbons (Fsp3) is 0.583. The fourth-order valence-electron chi connectivity index (χ4n) is 2.23. The SMILES string of the molecule is Cc1nn(C)cc1CNC(=O)N1C(C)SCC1C(=O)O. The van der Waals surface area contributed by atoms with E-state index in [1.807, 2.05) is 27.1 Å². The van der Waals surface area contributed by atoms with Gasteiger partial charge in [-0.25, -0.2) is 9.59 Å². The predicted octanol–water partition coefficient (Wildman–Crippen LogP) is 0.786. The lowest BCUT2D eigenvalue weighted by atomic mass is 10.2. The van der Waals surface area contributed by atoms with Crippen LogP contribution in [0.25, 0.3) is 0 Å². The monoisotopic (exact) mass is 298 g/mol. The van der Waals surface area contributed by atoms with E-state index in [9.17, 15) is 9.59 Å². The first-order valence-corrected chi connectivity index (χ1v) is 7.34. The molecule has 0 aliphatic carbocycles. The van der Waals surface area contributed by atoms with Crippen molar-refractivity contribution in [2.75, 3.05) is 5.75 Å². The summed E-state index contributed by atoms with van der Waals surface area (Å²) in [7, 11) is 1.82. The number of carboxylic acids is 1. The molecule has 1 aromatic heterocycles. The molecule has 110 valence electrons. The smallest absolute Gasteiger partial charge is 0.327 e. The van der Waals surface area contributed by atoms with Gasteiger partial charge in [0, 0.05) is 31.1 Å². The lowest BCUT2D eigenvalue weighted by Gasteiger charge is -2.25. The van der Waals surface area contributed by atoms with Gasteiger partial charge in [-0.05, 0) is 13.8 Å². The van der Waals surface area contributed by atoms with Crippen molar-refractivity contribution in [3.05, 3.63) is 17.5 Å². The van der Waals surface area contributed by atoms with Crippen molar-refractivity contribution in [1.29, 1.82) is 0 Å². The summed E-state index contributed by atoms with van der Waals surface area (Å²) >= 11 is 1.47. The molecule has 2 amide bonds. The van der Waals surface area contributed by atoms with Gasteiger partial charge in [0.05, 0.1) is 11.1 Å². The van der Waals surface area contributed by atoms with Gasteiger partial charge >= 0.3 is 12.0 Å². The minimum Gasteiger partial charge on any atom is -0.480 e. The molecule has 2 atom stereocenters. The third-order valence-electron chi connectivity index (χ3n) is 3.29. The van der Waals surface area contributed by atoms with E-state index in [2.05, 4.69) is 10.4 Å². The lowest BCUT2D eigenvalue weighted by Crippen LogP contribution is -2.49. The minimum absolute atomic E-state index is 0.133. The van der Waals surface area contributed by atoms with Gasteiger partial charge in [0.2, 0.25) is 0 Å². The van der Waals surface area contributed by atoms with Crippen molar-refractivity contribution in [2.45, 2.75) is 31.8 Å². The van der Waals surface area contributed by atoms with E-state index in [4.69, 9.17) is 5.11 Å². The number of urea groups is 1. The summed E-state index contributed by atoms with van der Waals surface area (Å²) in [6.07, 6.45) is 1.84. The molecular weight excluding hydrogens is 280 g/mol. The van der Waals surface area contributed by atoms with Gasteiger partial charge in [-0.3, -0.25) is 9.58 Å². The summed E-state index contributed by atoms with van der Waals surface area (Å²) < 4.78 is 1.69. The number of amides is 2. The normalized spacial score (nSPS) is 22.1. The molecule has 2 rings (SSSR count). The molecular formula is C12H18N4O3S. The molecule has 20 heavy (non-hydrogen) atoms. The lowest BCUT2D eigenvalue weighted by molar-refractivity contribution is -0.141. The Morgan fingerprint density at radius 1 is 1.60 bits per heavy atom. The van der Waals surface area contributed by atoms with E-state index in [1.165, 1.54) is 16.7 Å². The van der Waals surface area contributed by atoms with Crippen molar-refractivity contribution in [2.24, 2.45) is 7.05 Å². The number of carbonyl (C=O) groups is 2. The average Bonchev–Trinajstić information content (AvgIpc) is 2.89. The minimum atomic E-state index is -0.963. The standard InChI is InChI=1S/C12H18N4O3S/c1-7-9(5-15(3)14-7)4-13-12(19)16-8(2)20-6-10(16)11(17)18/h5,8,10H,4,6H2,1-3H3,(H,13,19)(H,17,18). The Morgan fingerprint density at radius 2 is 2.30 bits per heavy atom. The number of carbonyl (C=O) groups excluding carboxylic acids is 1. The first-order valence-electron chi connectivity index (χ1n) is 6.30.